The van der Waals surface area contributed by atoms with Crippen LogP contribution in [0.1, 0.15) is 0 Å². The van der Waals surface area contributed by atoms with E-state index in [4.69, 9.17) is 0 Å². The third-order valence-corrected chi connectivity index (χ3v) is 2.32. The molecule has 0 aliphatic rings. The Hall–Kier alpha value is -1.51. The van der Waals surface area contributed by atoms with Gasteiger partial charge in [-0.3, -0.25) is 0 Å². The average Bonchev–Trinajstić information content (AvgIpc) is 2.30. The maximum absolute atomic E-state index is 9.22. The van der Waals surface area contributed by atoms with Gasteiger partial charge in [-0.2, -0.15) is 0 Å². The van der Waals surface area contributed by atoms with E-state index in [-0.39, 0.29) is 8.41 Å². The maximum Gasteiger partial charge on any atom is 0.489 e. The molecule has 0 atom stereocenters. The molecule has 0 heterocycles. The van der Waals surface area contributed by atoms with Crippen LogP contribution in [-0.2, 0) is 0 Å². The van der Waals surface area contributed by atoms with Crippen molar-refractivity contribution in [1.82, 2.24) is 0 Å². The lowest BCUT2D eigenvalue weighted by Gasteiger charge is -2.08. The van der Waals surface area contributed by atoms with Crippen molar-refractivity contribution in [2.45, 2.75) is 0 Å². The van der Waals surface area contributed by atoms with Crippen molar-refractivity contribution in [2.24, 2.45) is 0 Å². The van der Waals surface area contributed by atoms with Crippen molar-refractivity contribution >= 4 is 21.0 Å². The summed E-state index contributed by atoms with van der Waals surface area (Å²) >= 11 is 0. The van der Waals surface area contributed by atoms with Crippen molar-refractivity contribution in [3.05, 3.63) is 54.6 Å². The van der Waals surface area contributed by atoms with Crippen LogP contribution < -0.4 is 5.46 Å². The molecule has 0 aliphatic heterocycles. The summed E-state index contributed by atoms with van der Waals surface area (Å²) in [5, 5.41) is 18.4. The minimum Gasteiger partial charge on any atom is -0.423 e. The normalized spacial score (nSPS) is 9.38. The average molecular weight is 209 g/mol. The fraction of sp³-hybridized carbons (Fsp3) is 0. The van der Waals surface area contributed by atoms with E-state index in [1.54, 1.807) is 12.1 Å². The van der Waals surface area contributed by atoms with Crippen molar-refractivity contribution < 1.29 is 10.0 Å². The zero-order valence-corrected chi connectivity index (χ0v) is 8.75. The molecular formula is C12H11B2O2. The summed E-state index contributed by atoms with van der Waals surface area (Å²) in [6.45, 7) is 0. The highest BCUT2D eigenvalue weighted by Gasteiger charge is 2.15. The van der Waals surface area contributed by atoms with Gasteiger partial charge in [0, 0.05) is 8.41 Å². The molecule has 0 unspecified atom stereocenters. The van der Waals surface area contributed by atoms with E-state index in [0.717, 1.165) is 11.1 Å². The summed E-state index contributed by atoms with van der Waals surface area (Å²) in [5.74, 6) is 0. The summed E-state index contributed by atoms with van der Waals surface area (Å²) in [4.78, 5) is 0. The molecule has 0 spiro atoms. The molecule has 0 fully saturated rings. The molecule has 77 valence electrons. The third kappa shape index (κ3) is 2.54. The second-order valence-corrected chi connectivity index (χ2v) is 3.33. The first-order valence-electron chi connectivity index (χ1n) is 4.79. The van der Waals surface area contributed by atoms with E-state index in [1.807, 2.05) is 42.5 Å². The monoisotopic (exact) mass is 209 g/mol. The fourth-order valence-corrected chi connectivity index (χ4v) is 1.60. The number of rotatable bonds is 2. The quantitative estimate of drug-likeness (QED) is 0.712. The molecular weight excluding hydrogens is 198 g/mol. The van der Waals surface area contributed by atoms with Crippen molar-refractivity contribution in [3.63, 3.8) is 0 Å². The molecule has 0 bridgehead atoms. The van der Waals surface area contributed by atoms with Gasteiger partial charge in [-0.1, -0.05) is 54.6 Å². The highest BCUT2D eigenvalue weighted by molar-refractivity contribution is 6.60. The van der Waals surface area contributed by atoms with Crippen LogP contribution >= 0.6 is 0 Å². The topological polar surface area (TPSA) is 40.5 Å². The number of benzene rings is 2. The smallest absolute Gasteiger partial charge is 0.423 e. The molecule has 2 aromatic carbocycles. The van der Waals surface area contributed by atoms with Crippen LogP contribution in [0.2, 0.25) is 0 Å². The molecule has 3 radical (unpaired) electrons. The van der Waals surface area contributed by atoms with Gasteiger partial charge in [-0.05, 0) is 16.6 Å². The molecule has 0 aliphatic carbocycles. The molecule has 0 saturated heterocycles. The lowest BCUT2D eigenvalue weighted by Crippen LogP contribution is -2.31. The van der Waals surface area contributed by atoms with Crippen molar-refractivity contribution in [1.29, 1.82) is 0 Å². The second-order valence-electron chi connectivity index (χ2n) is 3.33. The Morgan fingerprint density at radius 2 is 1.31 bits per heavy atom. The first-order valence-corrected chi connectivity index (χ1v) is 4.79. The minimum absolute atomic E-state index is 0. The van der Waals surface area contributed by atoms with Crippen molar-refractivity contribution in [3.8, 4) is 11.1 Å². The molecule has 0 aromatic heterocycles. The van der Waals surface area contributed by atoms with E-state index < -0.39 is 7.12 Å². The predicted molar refractivity (Wildman–Crippen MR) is 67.5 cm³/mol. The van der Waals surface area contributed by atoms with E-state index in [0.29, 0.717) is 5.46 Å². The minimum atomic E-state index is -1.43. The van der Waals surface area contributed by atoms with E-state index in [9.17, 15) is 10.0 Å². The Morgan fingerprint density at radius 1 is 0.750 bits per heavy atom. The third-order valence-electron chi connectivity index (χ3n) is 2.32. The van der Waals surface area contributed by atoms with E-state index in [2.05, 4.69) is 0 Å². The highest BCUT2D eigenvalue weighted by Crippen LogP contribution is 2.16. The first-order chi connectivity index (χ1) is 7.29. The summed E-state index contributed by atoms with van der Waals surface area (Å²) in [7, 11) is -1.43. The van der Waals surface area contributed by atoms with Crippen LogP contribution in [0.25, 0.3) is 11.1 Å². The van der Waals surface area contributed by atoms with Gasteiger partial charge >= 0.3 is 7.12 Å². The Kier molecular flexibility index (Phi) is 4.35. The standard InChI is InChI=1S/C12H11BO2.B/c14-13(15)12-9-5-4-8-11(12)10-6-2-1-3-7-10;/h1-9,14-15H;. The molecule has 0 saturated carbocycles. The van der Waals surface area contributed by atoms with Crippen molar-refractivity contribution in [2.75, 3.05) is 0 Å². The first kappa shape index (κ1) is 12.6. The van der Waals surface area contributed by atoms with Gasteiger partial charge in [0.2, 0.25) is 0 Å². The lowest BCUT2D eigenvalue weighted by atomic mass is 9.75. The van der Waals surface area contributed by atoms with Crippen LogP contribution in [0.4, 0.5) is 0 Å². The van der Waals surface area contributed by atoms with E-state index in [1.165, 1.54) is 0 Å². The Labute approximate surface area is 97.3 Å². The van der Waals surface area contributed by atoms with Gasteiger partial charge in [-0.15, -0.1) is 0 Å². The molecule has 16 heavy (non-hydrogen) atoms. The van der Waals surface area contributed by atoms with Gasteiger partial charge < -0.3 is 10.0 Å². The van der Waals surface area contributed by atoms with Gasteiger partial charge in [0.1, 0.15) is 0 Å². The van der Waals surface area contributed by atoms with Crippen LogP contribution in [0.5, 0.6) is 0 Å². The van der Waals surface area contributed by atoms with Gasteiger partial charge in [0.25, 0.3) is 0 Å². The predicted octanol–water partition coefficient (Wildman–Crippen LogP) is 0.653. The molecule has 2 rings (SSSR count). The SMILES string of the molecule is OB(O)c1ccccc1-c1ccccc1.[B]. The Morgan fingerprint density at radius 3 is 1.94 bits per heavy atom. The summed E-state index contributed by atoms with van der Waals surface area (Å²) in [6, 6.07) is 16.9. The van der Waals surface area contributed by atoms with Crippen LogP contribution in [0.15, 0.2) is 54.6 Å². The Bertz CT molecular complexity index is 444. The van der Waals surface area contributed by atoms with Crippen LogP contribution in [0.3, 0.4) is 0 Å². The Balaban J connectivity index is 0.00000128. The number of hydrogen-bond acceptors (Lipinski definition) is 2. The largest absolute Gasteiger partial charge is 0.489 e. The molecule has 0 amide bonds. The van der Waals surface area contributed by atoms with Gasteiger partial charge in [0.05, 0.1) is 0 Å². The summed E-state index contributed by atoms with van der Waals surface area (Å²) < 4.78 is 0. The zero-order valence-electron chi connectivity index (χ0n) is 8.75. The highest BCUT2D eigenvalue weighted by atomic mass is 16.4. The maximum atomic E-state index is 9.22. The van der Waals surface area contributed by atoms with Gasteiger partial charge in [0.15, 0.2) is 0 Å². The van der Waals surface area contributed by atoms with Crippen LogP contribution in [0, 0.1) is 0 Å². The molecule has 2 aromatic rings. The fourth-order valence-electron chi connectivity index (χ4n) is 1.60. The molecule has 2 N–H and O–H groups in total. The van der Waals surface area contributed by atoms with Crippen LogP contribution in [-0.4, -0.2) is 25.6 Å². The van der Waals surface area contributed by atoms with E-state index >= 15 is 0 Å². The lowest BCUT2D eigenvalue weighted by molar-refractivity contribution is 0.426. The summed E-state index contributed by atoms with van der Waals surface area (Å²) in [6.07, 6.45) is 0. The molecule has 2 nitrogen and oxygen atoms in total. The number of hydrogen-bond donors (Lipinski definition) is 2. The second kappa shape index (κ2) is 5.54. The van der Waals surface area contributed by atoms with Gasteiger partial charge in [-0.25, -0.2) is 0 Å². The molecule has 4 heteroatoms. The summed E-state index contributed by atoms with van der Waals surface area (Å²) in [5.41, 5.74) is 2.37. The zero-order chi connectivity index (χ0) is 10.7.